The average molecular weight is 272 g/mol. The van der Waals surface area contributed by atoms with E-state index in [-0.39, 0.29) is 17.9 Å². The summed E-state index contributed by atoms with van der Waals surface area (Å²) in [6, 6.07) is 11.4. The molecular weight excluding hydrogens is 251 g/mol. The van der Waals surface area contributed by atoms with E-state index in [1.54, 1.807) is 0 Å². The highest BCUT2D eigenvalue weighted by atomic mass is 19.1. The Labute approximate surface area is 120 Å². The highest BCUT2D eigenvalue weighted by molar-refractivity contribution is 5.21. The number of halogens is 1. The third kappa shape index (κ3) is 3.64. The van der Waals surface area contributed by atoms with Crippen molar-refractivity contribution in [2.45, 2.75) is 38.8 Å². The summed E-state index contributed by atoms with van der Waals surface area (Å²) in [7, 11) is 0. The molecule has 1 N–H and O–H groups in total. The van der Waals surface area contributed by atoms with Crippen molar-refractivity contribution in [3.63, 3.8) is 0 Å². The third-order valence-electron chi connectivity index (χ3n) is 3.60. The number of benzene rings is 1. The summed E-state index contributed by atoms with van der Waals surface area (Å²) >= 11 is 0. The smallest absolute Gasteiger partial charge is 0.123 e. The Kier molecular flexibility index (Phi) is 5.24. The van der Waals surface area contributed by atoms with Gasteiger partial charge in [-0.25, -0.2) is 4.39 Å². The number of pyridine rings is 1. The van der Waals surface area contributed by atoms with Crippen molar-refractivity contribution in [2.75, 3.05) is 0 Å². The van der Waals surface area contributed by atoms with Gasteiger partial charge in [-0.15, -0.1) is 0 Å². The maximum Gasteiger partial charge on any atom is 0.123 e. The van der Waals surface area contributed by atoms with Crippen LogP contribution in [0.4, 0.5) is 4.39 Å². The van der Waals surface area contributed by atoms with E-state index in [1.165, 1.54) is 17.7 Å². The highest BCUT2D eigenvalue weighted by Crippen LogP contribution is 2.24. The van der Waals surface area contributed by atoms with Gasteiger partial charge in [-0.1, -0.05) is 26.0 Å². The molecule has 1 aromatic carbocycles. The van der Waals surface area contributed by atoms with E-state index < -0.39 is 0 Å². The zero-order valence-corrected chi connectivity index (χ0v) is 12.0. The number of nitrogens with zero attached hydrogens (tertiary/aromatic N) is 1. The molecule has 3 heteroatoms. The Morgan fingerprint density at radius 2 is 1.40 bits per heavy atom. The minimum Gasteiger partial charge on any atom is -0.303 e. The van der Waals surface area contributed by atoms with Crippen molar-refractivity contribution in [3.05, 3.63) is 65.7 Å². The first kappa shape index (κ1) is 14.7. The van der Waals surface area contributed by atoms with E-state index in [0.717, 1.165) is 18.4 Å². The van der Waals surface area contributed by atoms with Crippen LogP contribution < -0.4 is 5.32 Å². The predicted octanol–water partition coefficient (Wildman–Crippen LogP) is 4.41. The monoisotopic (exact) mass is 272 g/mol. The molecule has 20 heavy (non-hydrogen) atoms. The molecule has 1 heterocycles. The SMILES string of the molecule is CC[C@H](N[C@H](CC)c1ccncc1)c1ccc(F)cc1. The molecule has 0 fully saturated rings. The van der Waals surface area contributed by atoms with Crippen molar-refractivity contribution in [1.29, 1.82) is 0 Å². The van der Waals surface area contributed by atoms with E-state index in [4.69, 9.17) is 0 Å². The third-order valence-corrected chi connectivity index (χ3v) is 3.60. The normalized spacial score (nSPS) is 13.9. The van der Waals surface area contributed by atoms with Crippen molar-refractivity contribution >= 4 is 0 Å². The summed E-state index contributed by atoms with van der Waals surface area (Å²) in [6.45, 7) is 4.30. The maximum atomic E-state index is 13.0. The second-order valence-corrected chi connectivity index (χ2v) is 4.92. The molecule has 0 aliphatic rings. The van der Waals surface area contributed by atoms with Gasteiger partial charge in [-0.05, 0) is 48.2 Å². The molecule has 0 aliphatic carbocycles. The molecule has 2 aromatic rings. The first-order valence-electron chi connectivity index (χ1n) is 7.16. The summed E-state index contributed by atoms with van der Waals surface area (Å²) in [6.07, 6.45) is 5.60. The van der Waals surface area contributed by atoms with E-state index in [1.807, 2.05) is 36.7 Å². The molecule has 0 unspecified atom stereocenters. The van der Waals surface area contributed by atoms with Crippen LogP contribution in [0.25, 0.3) is 0 Å². The zero-order chi connectivity index (χ0) is 14.4. The van der Waals surface area contributed by atoms with Crippen molar-refractivity contribution in [3.8, 4) is 0 Å². The molecule has 106 valence electrons. The van der Waals surface area contributed by atoms with Gasteiger partial charge in [0.15, 0.2) is 0 Å². The second kappa shape index (κ2) is 7.15. The van der Waals surface area contributed by atoms with Crippen molar-refractivity contribution in [1.82, 2.24) is 10.3 Å². The van der Waals surface area contributed by atoms with Gasteiger partial charge in [0.05, 0.1) is 0 Å². The molecule has 2 rings (SSSR count). The lowest BCUT2D eigenvalue weighted by molar-refractivity contribution is 0.425. The number of nitrogens with one attached hydrogen (secondary N) is 1. The largest absolute Gasteiger partial charge is 0.303 e. The van der Waals surface area contributed by atoms with Gasteiger partial charge in [0.1, 0.15) is 5.82 Å². The van der Waals surface area contributed by atoms with E-state index >= 15 is 0 Å². The van der Waals surface area contributed by atoms with Crippen LogP contribution >= 0.6 is 0 Å². The van der Waals surface area contributed by atoms with Crippen LogP contribution in [0, 0.1) is 5.82 Å². The number of rotatable bonds is 6. The Bertz CT molecular complexity index is 510. The van der Waals surface area contributed by atoms with Crippen LogP contribution in [0.2, 0.25) is 0 Å². The quantitative estimate of drug-likeness (QED) is 0.842. The molecule has 0 radical (unpaired) electrons. The molecule has 0 amide bonds. The minimum atomic E-state index is -0.190. The Balaban J connectivity index is 2.14. The summed E-state index contributed by atoms with van der Waals surface area (Å²) in [5.74, 6) is -0.190. The van der Waals surface area contributed by atoms with Gasteiger partial charge in [0.25, 0.3) is 0 Å². The van der Waals surface area contributed by atoms with Gasteiger partial charge in [-0.2, -0.15) is 0 Å². The minimum absolute atomic E-state index is 0.190. The van der Waals surface area contributed by atoms with Crippen molar-refractivity contribution in [2.24, 2.45) is 0 Å². The van der Waals surface area contributed by atoms with Gasteiger partial charge in [-0.3, -0.25) is 4.98 Å². The van der Waals surface area contributed by atoms with E-state index in [9.17, 15) is 4.39 Å². The van der Waals surface area contributed by atoms with E-state index in [0.29, 0.717) is 0 Å². The summed E-state index contributed by atoms with van der Waals surface area (Å²) in [5, 5.41) is 3.66. The topological polar surface area (TPSA) is 24.9 Å². The molecule has 0 saturated heterocycles. The molecular formula is C17H21FN2. The number of hydrogen-bond acceptors (Lipinski definition) is 2. The van der Waals surface area contributed by atoms with Gasteiger partial charge in [0, 0.05) is 24.5 Å². The van der Waals surface area contributed by atoms with Crippen LogP contribution in [0.1, 0.15) is 49.9 Å². The lowest BCUT2D eigenvalue weighted by Crippen LogP contribution is -2.25. The van der Waals surface area contributed by atoms with Gasteiger partial charge < -0.3 is 5.32 Å². The predicted molar refractivity (Wildman–Crippen MR) is 79.8 cm³/mol. The lowest BCUT2D eigenvalue weighted by atomic mass is 10.00. The summed E-state index contributed by atoms with van der Waals surface area (Å²) in [4.78, 5) is 4.06. The molecule has 1 aromatic heterocycles. The van der Waals surface area contributed by atoms with Gasteiger partial charge >= 0.3 is 0 Å². The molecule has 2 atom stereocenters. The molecule has 0 saturated carbocycles. The first-order valence-corrected chi connectivity index (χ1v) is 7.16. The zero-order valence-electron chi connectivity index (χ0n) is 12.0. The summed E-state index contributed by atoms with van der Waals surface area (Å²) in [5.41, 5.74) is 2.37. The standard InChI is InChI=1S/C17H21FN2/c1-3-16(13-5-7-15(18)8-6-13)20-17(4-2)14-9-11-19-12-10-14/h5-12,16-17,20H,3-4H2,1-2H3/t16-,17+/m0/s1. The summed E-state index contributed by atoms with van der Waals surface area (Å²) < 4.78 is 13.0. The molecule has 0 aliphatic heterocycles. The maximum absolute atomic E-state index is 13.0. The molecule has 2 nitrogen and oxygen atoms in total. The first-order chi connectivity index (χ1) is 9.74. The van der Waals surface area contributed by atoms with Crippen LogP contribution in [0.3, 0.4) is 0 Å². The van der Waals surface area contributed by atoms with Gasteiger partial charge in [0.2, 0.25) is 0 Å². The molecule has 0 bridgehead atoms. The number of aromatic nitrogens is 1. The fourth-order valence-corrected chi connectivity index (χ4v) is 2.43. The molecule has 0 spiro atoms. The van der Waals surface area contributed by atoms with Crippen LogP contribution in [-0.2, 0) is 0 Å². The highest BCUT2D eigenvalue weighted by Gasteiger charge is 2.15. The Morgan fingerprint density at radius 1 is 0.900 bits per heavy atom. The lowest BCUT2D eigenvalue weighted by Gasteiger charge is -2.25. The van der Waals surface area contributed by atoms with Crippen molar-refractivity contribution < 1.29 is 4.39 Å². The van der Waals surface area contributed by atoms with Crippen LogP contribution in [-0.4, -0.2) is 4.98 Å². The number of hydrogen-bond donors (Lipinski definition) is 1. The fraction of sp³-hybridized carbons (Fsp3) is 0.353. The average Bonchev–Trinajstić information content (AvgIpc) is 2.51. The second-order valence-electron chi connectivity index (χ2n) is 4.92. The fourth-order valence-electron chi connectivity index (χ4n) is 2.43. The Hall–Kier alpha value is -1.74. The Morgan fingerprint density at radius 3 is 1.90 bits per heavy atom. The van der Waals surface area contributed by atoms with Crippen LogP contribution in [0.5, 0.6) is 0 Å². The van der Waals surface area contributed by atoms with Crippen LogP contribution in [0.15, 0.2) is 48.8 Å². The van der Waals surface area contributed by atoms with E-state index in [2.05, 4.69) is 24.1 Å².